The summed E-state index contributed by atoms with van der Waals surface area (Å²) in [6.45, 7) is 26.0. The maximum atomic E-state index is 7.43. The van der Waals surface area contributed by atoms with Crippen LogP contribution < -0.4 is 19.7 Å². The lowest BCUT2D eigenvalue weighted by Crippen LogP contribution is -2.17. The van der Waals surface area contributed by atoms with Gasteiger partial charge in [-0.2, -0.15) is 0 Å². The van der Waals surface area contributed by atoms with Crippen molar-refractivity contribution in [1.82, 2.24) is 0 Å². The minimum absolute atomic E-state index is 0.264. The van der Waals surface area contributed by atoms with Crippen molar-refractivity contribution in [2.75, 3.05) is 19.1 Å². The zero-order valence-electron chi connectivity index (χ0n) is 36.0. The average molecular weight is 811 g/mol. The molecule has 0 aliphatic rings. The van der Waals surface area contributed by atoms with Crippen molar-refractivity contribution in [3.05, 3.63) is 118 Å². The highest BCUT2D eigenvalue weighted by Gasteiger charge is 2.30. The van der Waals surface area contributed by atoms with E-state index in [4.69, 9.17) is 32.0 Å². The van der Waals surface area contributed by atoms with E-state index in [2.05, 4.69) is 149 Å². The Morgan fingerprint density at radius 1 is 0.429 bits per heavy atom. The summed E-state index contributed by atoms with van der Waals surface area (Å²) in [5.74, 6) is 3.44. The Hall–Kier alpha value is -3.49. The second-order valence-electron chi connectivity index (χ2n) is 16.9. The summed E-state index contributed by atoms with van der Waals surface area (Å²) >= 11 is 14.9. The maximum Gasteiger partial charge on any atom is 0.119 e. The van der Waals surface area contributed by atoms with E-state index in [0.717, 1.165) is 45.0 Å². The summed E-state index contributed by atoms with van der Waals surface area (Å²) in [5, 5.41) is 1.01. The van der Waals surface area contributed by atoms with Gasteiger partial charge in [-0.3, -0.25) is 0 Å². The number of hydrogen-bond acceptors (Lipinski definition) is 3. The van der Waals surface area contributed by atoms with Gasteiger partial charge in [-0.25, -0.2) is 0 Å². The van der Waals surface area contributed by atoms with Crippen LogP contribution in [0, 0.1) is 0 Å². The molecule has 0 saturated carbocycles. The molecule has 0 unspecified atom stereocenters. The van der Waals surface area contributed by atoms with Gasteiger partial charge < -0.3 is 14.4 Å². The van der Waals surface area contributed by atoms with Gasteiger partial charge in [-0.05, 0) is 152 Å². The molecule has 0 radical (unpaired) electrons. The zero-order valence-corrected chi connectivity index (χ0v) is 38.4. The molecule has 0 atom stereocenters. The first-order chi connectivity index (χ1) is 26.5. The lowest BCUT2D eigenvalue weighted by molar-refractivity contribution is 0.415. The molecule has 3 nitrogen and oxygen atoms in total. The molecule has 0 bridgehead atoms. The summed E-state index contributed by atoms with van der Waals surface area (Å²) in [6.07, 6.45) is 0. The molecule has 5 rings (SSSR count). The Bertz CT molecular complexity index is 1910. The Morgan fingerprint density at radius 3 is 0.964 bits per heavy atom. The van der Waals surface area contributed by atoms with Gasteiger partial charge >= 0.3 is 0 Å². The van der Waals surface area contributed by atoms with E-state index in [1.807, 2.05) is 24.3 Å². The Balaban J connectivity index is 2.08. The SMILES string of the molecule is COc1ccc(N(c2ccc(OC)cc2)c2cc(-c3c(C(C)C)cc(C(C)C)cc3C(C)C)c(P(Cl)Cl)c(-c3c(C(C)C)cc(C(C)C)cc3C(C)C)c2)cc1. The molecule has 0 aromatic heterocycles. The molecule has 6 heteroatoms. The highest BCUT2D eigenvalue weighted by molar-refractivity contribution is 8.09. The summed E-state index contributed by atoms with van der Waals surface area (Å²) in [7, 11) is 3.41. The number of anilines is 3. The molecule has 0 aliphatic heterocycles. The number of hydrogen-bond donors (Lipinski definition) is 0. The van der Waals surface area contributed by atoms with Gasteiger partial charge in [0.2, 0.25) is 0 Å². The highest BCUT2D eigenvalue weighted by atomic mass is 35.9. The molecule has 0 aliphatic carbocycles. The topological polar surface area (TPSA) is 21.7 Å². The number of halogens is 2. The van der Waals surface area contributed by atoms with Crippen LogP contribution in [0.15, 0.2) is 84.9 Å². The molecule has 0 amide bonds. The first-order valence-corrected chi connectivity index (χ1v) is 23.4. The van der Waals surface area contributed by atoms with Crippen LogP contribution in [0.2, 0.25) is 0 Å². The molecule has 0 N–H and O–H groups in total. The van der Waals surface area contributed by atoms with E-state index in [1.165, 1.54) is 44.5 Å². The Morgan fingerprint density at radius 2 is 0.732 bits per heavy atom. The molecule has 0 saturated heterocycles. The molecular formula is C50H62Cl2NO2P. The van der Waals surface area contributed by atoms with Crippen molar-refractivity contribution in [2.24, 2.45) is 0 Å². The number of ether oxygens (including phenoxy) is 2. The fourth-order valence-corrected chi connectivity index (χ4v) is 9.56. The van der Waals surface area contributed by atoms with E-state index in [-0.39, 0.29) is 23.7 Å². The van der Waals surface area contributed by atoms with Gasteiger partial charge in [0.25, 0.3) is 0 Å². The van der Waals surface area contributed by atoms with Crippen molar-refractivity contribution in [2.45, 2.75) is 119 Å². The summed E-state index contributed by atoms with van der Waals surface area (Å²) < 4.78 is 11.2. The van der Waals surface area contributed by atoms with Crippen LogP contribution in [0.5, 0.6) is 11.5 Å². The molecule has 0 spiro atoms. The first kappa shape index (κ1) is 43.6. The van der Waals surface area contributed by atoms with Crippen LogP contribution in [0.1, 0.15) is 152 Å². The quantitative estimate of drug-likeness (QED) is 0.104. The van der Waals surface area contributed by atoms with E-state index in [1.54, 1.807) is 14.2 Å². The predicted octanol–water partition coefficient (Wildman–Crippen LogP) is 16.7. The third kappa shape index (κ3) is 9.12. The van der Waals surface area contributed by atoms with Crippen molar-refractivity contribution in [3.8, 4) is 33.8 Å². The van der Waals surface area contributed by atoms with Crippen molar-refractivity contribution in [3.63, 3.8) is 0 Å². The molecule has 5 aromatic carbocycles. The van der Waals surface area contributed by atoms with Gasteiger partial charge in [0.15, 0.2) is 0 Å². The van der Waals surface area contributed by atoms with Gasteiger partial charge in [0.1, 0.15) is 18.1 Å². The summed E-state index contributed by atoms with van der Waals surface area (Å²) in [4.78, 5) is 2.33. The second kappa shape index (κ2) is 18.4. The molecule has 298 valence electrons. The standard InChI is InChI=1S/C50H62Cl2NO2P/c1-29(2)35-23-42(31(5)6)48(43(24-35)32(7)8)46-27-39(53(37-15-19-40(54-13)20-16-37)38-17-21-41(55-14)22-18-38)28-47(50(46)56(51)52)49-44(33(9)10)25-36(30(3)4)26-45(49)34(11)12/h15-34H,1-14H3. The van der Waals surface area contributed by atoms with Crippen molar-refractivity contribution in [1.29, 1.82) is 0 Å². The molecular weight excluding hydrogens is 748 g/mol. The minimum Gasteiger partial charge on any atom is -0.497 e. The van der Waals surface area contributed by atoms with Gasteiger partial charge in [0, 0.05) is 22.4 Å². The van der Waals surface area contributed by atoms with Crippen LogP contribution in [-0.2, 0) is 0 Å². The van der Waals surface area contributed by atoms with Gasteiger partial charge in [-0.15, -0.1) is 0 Å². The van der Waals surface area contributed by atoms with Crippen LogP contribution in [0.4, 0.5) is 17.1 Å². The maximum absolute atomic E-state index is 7.43. The van der Waals surface area contributed by atoms with Crippen molar-refractivity contribution < 1.29 is 9.47 Å². The average Bonchev–Trinajstić information content (AvgIpc) is 3.16. The molecule has 0 heterocycles. The Kier molecular flexibility index (Phi) is 14.3. The van der Waals surface area contributed by atoms with E-state index in [9.17, 15) is 0 Å². The smallest absolute Gasteiger partial charge is 0.119 e. The summed E-state index contributed by atoms with van der Waals surface area (Å²) in [6, 6.07) is 31.0. The number of benzene rings is 5. The zero-order chi connectivity index (χ0) is 41.2. The number of rotatable bonds is 14. The van der Waals surface area contributed by atoms with E-state index < -0.39 is 6.63 Å². The summed E-state index contributed by atoms with van der Waals surface area (Å²) in [5.41, 5.74) is 15.7. The molecule has 0 fully saturated rings. The lowest BCUT2D eigenvalue weighted by atomic mass is 9.79. The minimum atomic E-state index is -1.61. The third-order valence-corrected chi connectivity index (χ3v) is 12.8. The highest BCUT2D eigenvalue weighted by Crippen LogP contribution is 2.55. The fraction of sp³-hybridized carbons (Fsp3) is 0.400. The lowest BCUT2D eigenvalue weighted by Gasteiger charge is -2.32. The van der Waals surface area contributed by atoms with Crippen LogP contribution in [0.25, 0.3) is 22.3 Å². The fourth-order valence-electron chi connectivity index (χ4n) is 7.75. The monoisotopic (exact) mass is 809 g/mol. The van der Waals surface area contributed by atoms with Crippen LogP contribution in [0.3, 0.4) is 0 Å². The number of methoxy groups -OCH3 is 2. The van der Waals surface area contributed by atoms with E-state index in [0.29, 0.717) is 11.8 Å². The predicted molar refractivity (Wildman–Crippen MR) is 248 cm³/mol. The van der Waals surface area contributed by atoms with Gasteiger partial charge in [0.05, 0.1) is 14.2 Å². The Labute approximate surface area is 349 Å². The van der Waals surface area contributed by atoms with Crippen LogP contribution >= 0.6 is 29.1 Å². The molecule has 5 aromatic rings. The molecule has 56 heavy (non-hydrogen) atoms. The first-order valence-electron chi connectivity index (χ1n) is 20.2. The number of nitrogens with zero attached hydrogens (tertiary/aromatic N) is 1. The largest absolute Gasteiger partial charge is 0.497 e. The van der Waals surface area contributed by atoms with E-state index >= 15 is 0 Å². The normalized spacial score (nSPS) is 12.0. The van der Waals surface area contributed by atoms with Gasteiger partial charge in [-0.1, -0.05) is 130 Å². The third-order valence-electron chi connectivity index (χ3n) is 11.0. The van der Waals surface area contributed by atoms with Crippen molar-refractivity contribution >= 4 is 51.5 Å². The second-order valence-corrected chi connectivity index (χ2v) is 20.4. The van der Waals surface area contributed by atoms with Crippen LogP contribution in [-0.4, -0.2) is 14.2 Å².